The van der Waals surface area contributed by atoms with Crippen LogP contribution in [-0.2, 0) is 22.4 Å². The summed E-state index contributed by atoms with van der Waals surface area (Å²) < 4.78 is 10.7. The molecule has 0 aliphatic carbocycles. The average Bonchev–Trinajstić information content (AvgIpc) is 2.81. The Hall–Kier alpha value is -3.20. The van der Waals surface area contributed by atoms with Gasteiger partial charge >= 0.3 is 5.97 Å². The van der Waals surface area contributed by atoms with Crippen molar-refractivity contribution in [3.05, 3.63) is 46.3 Å². The van der Waals surface area contributed by atoms with E-state index in [1.165, 1.54) is 12.7 Å². The standard InChI is InChI=1S/C25H34N4O5/c1-16-15-21(33-3)27-17(2)22(16)24(30)29-20(25(31)32)11-14-34-13-5-4-8-19-10-9-18-7-6-12-26-23(18)28-19/h9-10,15,20H,4-8,11-14H2,1-3H3,(H,26,28)(H,29,30)(H,31,32). The van der Waals surface area contributed by atoms with Crippen molar-refractivity contribution in [2.45, 2.75) is 58.4 Å². The van der Waals surface area contributed by atoms with Gasteiger partial charge in [-0.05, 0) is 63.1 Å². The van der Waals surface area contributed by atoms with Gasteiger partial charge < -0.3 is 25.2 Å². The van der Waals surface area contributed by atoms with Crippen molar-refractivity contribution in [3.8, 4) is 5.88 Å². The van der Waals surface area contributed by atoms with Crippen molar-refractivity contribution >= 4 is 17.7 Å². The Morgan fingerprint density at radius 1 is 1.21 bits per heavy atom. The number of carbonyl (C=O) groups excluding carboxylic acids is 1. The summed E-state index contributed by atoms with van der Waals surface area (Å²) in [6, 6.07) is 4.86. The molecule has 1 aliphatic heterocycles. The smallest absolute Gasteiger partial charge is 0.326 e. The van der Waals surface area contributed by atoms with Crippen molar-refractivity contribution < 1.29 is 24.2 Å². The first kappa shape index (κ1) is 25.4. The third kappa shape index (κ3) is 6.90. The van der Waals surface area contributed by atoms with Crippen LogP contribution in [0.4, 0.5) is 5.82 Å². The maximum absolute atomic E-state index is 12.7. The monoisotopic (exact) mass is 470 g/mol. The van der Waals surface area contributed by atoms with E-state index in [1.807, 2.05) is 0 Å². The van der Waals surface area contributed by atoms with Crippen molar-refractivity contribution in [1.82, 2.24) is 15.3 Å². The van der Waals surface area contributed by atoms with Crippen LogP contribution in [0.3, 0.4) is 0 Å². The maximum atomic E-state index is 12.7. The van der Waals surface area contributed by atoms with Crippen LogP contribution in [0.1, 0.15) is 58.6 Å². The predicted octanol–water partition coefficient (Wildman–Crippen LogP) is 3.07. The maximum Gasteiger partial charge on any atom is 0.326 e. The molecular weight excluding hydrogens is 436 g/mol. The molecule has 1 atom stereocenters. The Bertz CT molecular complexity index is 988. The van der Waals surface area contributed by atoms with E-state index in [0.717, 1.165) is 50.2 Å². The first-order valence-corrected chi connectivity index (χ1v) is 11.8. The van der Waals surface area contributed by atoms with E-state index in [-0.39, 0.29) is 13.0 Å². The molecular formula is C25H34N4O5. The number of hydrogen-bond donors (Lipinski definition) is 3. The molecule has 0 fully saturated rings. The van der Waals surface area contributed by atoms with E-state index in [1.54, 1.807) is 19.9 Å². The van der Waals surface area contributed by atoms with E-state index >= 15 is 0 Å². The van der Waals surface area contributed by atoms with Gasteiger partial charge in [0.15, 0.2) is 0 Å². The fourth-order valence-corrected chi connectivity index (χ4v) is 4.05. The lowest BCUT2D eigenvalue weighted by molar-refractivity contribution is -0.139. The van der Waals surface area contributed by atoms with Crippen molar-refractivity contribution in [2.24, 2.45) is 0 Å². The number of aryl methyl sites for hydroxylation is 4. The summed E-state index contributed by atoms with van der Waals surface area (Å²) in [5.41, 5.74) is 3.87. The summed E-state index contributed by atoms with van der Waals surface area (Å²) in [5, 5.41) is 15.5. The van der Waals surface area contributed by atoms with Crippen LogP contribution in [0, 0.1) is 13.8 Å². The third-order valence-electron chi connectivity index (χ3n) is 5.89. The molecule has 1 amide bonds. The molecule has 2 aromatic rings. The van der Waals surface area contributed by atoms with Gasteiger partial charge in [0.1, 0.15) is 11.9 Å². The van der Waals surface area contributed by atoms with Crippen LogP contribution in [0.25, 0.3) is 0 Å². The zero-order valence-electron chi connectivity index (χ0n) is 20.1. The van der Waals surface area contributed by atoms with Crippen LogP contribution in [0.15, 0.2) is 18.2 Å². The molecule has 3 N–H and O–H groups in total. The minimum Gasteiger partial charge on any atom is -0.481 e. The molecule has 0 bridgehead atoms. The number of rotatable bonds is 12. The van der Waals surface area contributed by atoms with Crippen LogP contribution in [0.5, 0.6) is 5.88 Å². The lowest BCUT2D eigenvalue weighted by Crippen LogP contribution is -2.42. The Morgan fingerprint density at radius 2 is 2.03 bits per heavy atom. The van der Waals surface area contributed by atoms with Crippen LogP contribution >= 0.6 is 0 Å². The SMILES string of the molecule is COc1cc(C)c(C(=O)NC(CCOCCCCc2ccc3c(n2)NCCC3)C(=O)O)c(C)n1. The number of amides is 1. The highest BCUT2D eigenvalue weighted by Gasteiger charge is 2.23. The highest BCUT2D eigenvalue weighted by molar-refractivity contribution is 5.98. The molecule has 3 rings (SSSR count). The van der Waals surface area contributed by atoms with Gasteiger partial charge in [-0.15, -0.1) is 0 Å². The molecule has 2 aromatic heterocycles. The summed E-state index contributed by atoms with van der Waals surface area (Å²) in [5.74, 6) is -0.142. The second kappa shape index (κ2) is 12.3. The highest BCUT2D eigenvalue weighted by atomic mass is 16.5. The van der Waals surface area contributed by atoms with Gasteiger partial charge in [-0.3, -0.25) is 4.79 Å². The van der Waals surface area contributed by atoms with Gasteiger partial charge in [-0.1, -0.05) is 6.07 Å². The Kier molecular flexibility index (Phi) is 9.21. The molecule has 0 saturated heterocycles. The summed E-state index contributed by atoms with van der Waals surface area (Å²) in [4.78, 5) is 33.2. The lowest BCUT2D eigenvalue weighted by Gasteiger charge is -2.17. The number of carboxylic acid groups (broad SMARTS) is 1. The average molecular weight is 471 g/mol. The number of fused-ring (bicyclic) bond motifs is 1. The molecule has 34 heavy (non-hydrogen) atoms. The van der Waals surface area contributed by atoms with E-state index < -0.39 is 17.9 Å². The summed E-state index contributed by atoms with van der Waals surface area (Å²) in [7, 11) is 1.50. The number of aliphatic carboxylic acids is 1. The second-order valence-corrected chi connectivity index (χ2v) is 8.51. The molecule has 1 unspecified atom stereocenters. The van der Waals surface area contributed by atoms with Crippen LogP contribution < -0.4 is 15.4 Å². The molecule has 9 heteroatoms. The fraction of sp³-hybridized carbons (Fsp3) is 0.520. The number of carbonyl (C=O) groups is 2. The lowest BCUT2D eigenvalue weighted by atomic mass is 10.1. The van der Waals surface area contributed by atoms with Crippen molar-refractivity contribution in [3.63, 3.8) is 0 Å². The normalized spacial score (nSPS) is 13.5. The van der Waals surface area contributed by atoms with Crippen LogP contribution in [-0.4, -0.2) is 59.9 Å². The zero-order valence-corrected chi connectivity index (χ0v) is 20.1. The third-order valence-corrected chi connectivity index (χ3v) is 5.89. The number of nitrogens with zero attached hydrogens (tertiary/aromatic N) is 2. The predicted molar refractivity (Wildman–Crippen MR) is 129 cm³/mol. The first-order chi connectivity index (χ1) is 16.4. The van der Waals surface area contributed by atoms with E-state index in [4.69, 9.17) is 14.5 Å². The summed E-state index contributed by atoms with van der Waals surface area (Å²) >= 11 is 0. The van der Waals surface area contributed by atoms with Crippen molar-refractivity contribution in [1.29, 1.82) is 0 Å². The molecule has 3 heterocycles. The summed E-state index contributed by atoms with van der Waals surface area (Å²) in [6.45, 7) is 5.22. The molecule has 1 aliphatic rings. The Balaban J connectivity index is 1.39. The highest BCUT2D eigenvalue weighted by Crippen LogP contribution is 2.20. The molecule has 9 nitrogen and oxygen atoms in total. The van der Waals surface area contributed by atoms with Gasteiger partial charge in [-0.2, -0.15) is 0 Å². The molecule has 184 valence electrons. The molecule has 0 saturated carbocycles. The van der Waals surface area contributed by atoms with Gasteiger partial charge in [0.2, 0.25) is 5.88 Å². The Morgan fingerprint density at radius 3 is 2.76 bits per heavy atom. The van der Waals surface area contributed by atoms with E-state index in [9.17, 15) is 14.7 Å². The molecule has 0 spiro atoms. The number of aromatic nitrogens is 2. The largest absolute Gasteiger partial charge is 0.481 e. The number of carboxylic acids is 1. The van der Waals surface area contributed by atoms with Gasteiger partial charge in [0, 0.05) is 37.9 Å². The van der Waals surface area contributed by atoms with Gasteiger partial charge in [-0.25, -0.2) is 14.8 Å². The van der Waals surface area contributed by atoms with E-state index in [2.05, 4.69) is 27.8 Å². The van der Waals surface area contributed by atoms with Crippen LogP contribution in [0.2, 0.25) is 0 Å². The number of pyridine rings is 2. The number of ether oxygens (including phenoxy) is 2. The second-order valence-electron chi connectivity index (χ2n) is 8.51. The fourth-order valence-electron chi connectivity index (χ4n) is 4.05. The zero-order chi connectivity index (χ0) is 24.5. The molecule has 0 radical (unpaired) electrons. The Labute approximate surface area is 200 Å². The number of nitrogens with one attached hydrogen (secondary N) is 2. The minimum atomic E-state index is -1.10. The van der Waals surface area contributed by atoms with Crippen molar-refractivity contribution in [2.75, 3.05) is 32.2 Å². The quantitative estimate of drug-likeness (QED) is 0.405. The first-order valence-electron chi connectivity index (χ1n) is 11.8. The number of methoxy groups -OCH3 is 1. The molecule has 0 aromatic carbocycles. The summed E-state index contributed by atoms with van der Waals surface area (Å²) in [6.07, 6.45) is 5.08. The van der Waals surface area contributed by atoms with Gasteiger partial charge in [0.05, 0.1) is 18.4 Å². The number of hydrogen-bond acceptors (Lipinski definition) is 7. The minimum absolute atomic E-state index is 0.181. The topological polar surface area (TPSA) is 123 Å². The van der Waals surface area contributed by atoms with Gasteiger partial charge in [0.25, 0.3) is 5.91 Å². The number of unbranched alkanes of at least 4 members (excludes halogenated alkanes) is 1. The number of anilines is 1. The van der Waals surface area contributed by atoms with E-state index in [0.29, 0.717) is 29.3 Å².